The lowest BCUT2D eigenvalue weighted by Gasteiger charge is -2.19. The number of aromatic nitrogens is 1. The summed E-state index contributed by atoms with van der Waals surface area (Å²) >= 11 is 0. The fourth-order valence-corrected chi connectivity index (χ4v) is 1.56. The second-order valence-electron chi connectivity index (χ2n) is 3.71. The zero-order valence-electron chi connectivity index (χ0n) is 8.83. The molecule has 0 spiro atoms. The Kier molecular flexibility index (Phi) is 3.43. The predicted molar refractivity (Wildman–Crippen MR) is 55.6 cm³/mol. The highest BCUT2D eigenvalue weighted by molar-refractivity contribution is 5.13. The van der Waals surface area contributed by atoms with Gasteiger partial charge in [0.15, 0.2) is 0 Å². The highest BCUT2D eigenvalue weighted by atomic mass is 14.9. The van der Waals surface area contributed by atoms with Crippen LogP contribution in [0, 0.1) is 12.8 Å². The number of aryl methyl sites for hydroxylation is 1. The van der Waals surface area contributed by atoms with Gasteiger partial charge in [0.25, 0.3) is 0 Å². The van der Waals surface area contributed by atoms with E-state index in [4.69, 9.17) is 0 Å². The second kappa shape index (κ2) is 4.38. The molecule has 1 atom stereocenters. The summed E-state index contributed by atoms with van der Waals surface area (Å²) in [7, 11) is 1.98. The molecule has 0 aliphatic rings. The van der Waals surface area contributed by atoms with Gasteiger partial charge in [-0.3, -0.25) is 4.98 Å². The molecule has 0 aliphatic heterocycles. The van der Waals surface area contributed by atoms with Crippen molar-refractivity contribution in [2.45, 2.75) is 26.8 Å². The Hall–Kier alpha value is -0.890. The molecule has 0 aliphatic carbocycles. The van der Waals surface area contributed by atoms with Crippen LogP contribution in [0.1, 0.15) is 31.3 Å². The molecule has 1 heterocycles. The van der Waals surface area contributed by atoms with E-state index in [0.29, 0.717) is 12.0 Å². The van der Waals surface area contributed by atoms with E-state index in [1.165, 1.54) is 0 Å². The van der Waals surface area contributed by atoms with Gasteiger partial charge in [-0.15, -0.1) is 0 Å². The average molecular weight is 178 g/mol. The first kappa shape index (κ1) is 10.2. The summed E-state index contributed by atoms with van der Waals surface area (Å²) in [4.78, 5) is 4.50. The SMILES string of the molecule is CNC(c1cccc(C)n1)C(C)C. The Labute approximate surface area is 80.4 Å². The lowest BCUT2D eigenvalue weighted by molar-refractivity contribution is 0.433. The molecule has 0 radical (unpaired) electrons. The first-order valence-corrected chi connectivity index (χ1v) is 4.76. The quantitative estimate of drug-likeness (QED) is 0.768. The van der Waals surface area contributed by atoms with Gasteiger partial charge < -0.3 is 5.32 Å². The van der Waals surface area contributed by atoms with E-state index in [1.54, 1.807) is 0 Å². The standard InChI is InChI=1S/C11H18N2/c1-8(2)11(12-4)10-7-5-6-9(3)13-10/h5-8,11-12H,1-4H3. The minimum absolute atomic E-state index is 0.361. The Balaban J connectivity index is 2.91. The summed E-state index contributed by atoms with van der Waals surface area (Å²) in [6.45, 7) is 6.42. The number of nitrogens with zero attached hydrogens (tertiary/aromatic N) is 1. The average Bonchev–Trinajstić information content (AvgIpc) is 2.04. The van der Waals surface area contributed by atoms with Crippen LogP contribution in [0.5, 0.6) is 0 Å². The monoisotopic (exact) mass is 178 g/mol. The third kappa shape index (κ3) is 2.52. The van der Waals surface area contributed by atoms with E-state index < -0.39 is 0 Å². The molecule has 0 amide bonds. The van der Waals surface area contributed by atoms with Crippen molar-refractivity contribution in [2.24, 2.45) is 5.92 Å². The number of nitrogens with one attached hydrogen (secondary N) is 1. The van der Waals surface area contributed by atoms with Crippen LogP contribution in [-0.4, -0.2) is 12.0 Å². The smallest absolute Gasteiger partial charge is 0.0578 e. The Morgan fingerprint density at radius 3 is 2.46 bits per heavy atom. The molecule has 0 aromatic carbocycles. The third-order valence-electron chi connectivity index (χ3n) is 2.21. The van der Waals surface area contributed by atoms with Gasteiger partial charge in [-0.25, -0.2) is 0 Å². The normalized spacial score (nSPS) is 13.3. The highest BCUT2D eigenvalue weighted by Gasteiger charge is 2.14. The van der Waals surface area contributed by atoms with Gasteiger partial charge in [0, 0.05) is 5.69 Å². The second-order valence-corrected chi connectivity index (χ2v) is 3.71. The van der Waals surface area contributed by atoms with Crippen LogP contribution in [-0.2, 0) is 0 Å². The molecule has 0 saturated heterocycles. The molecular formula is C11H18N2. The number of hydrogen-bond acceptors (Lipinski definition) is 2. The molecule has 0 saturated carbocycles. The molecule has 1 aromatic heterocycles. The molecule has 2 heteroatoms. The minimum Gasteiger partial charge on any atom is -0.311 e. The van der Waals surface area contributed by atoms with E-state index >= 15 is 0 Å². The Morgan fingerprint density at radius 1 is 1.31 bits per heavy atom. The van der Waals surface area contributed by atoms with Crippen molar-refractivity contribution in [1.29, 1.82) is 0 Å². The first-order valence-electron chi connectivity index (χ1n) is 4.76. The fourth-order valence-electron chi connectivity index (χ4n) is 1.56. The van der Waals surface area contributed by atoms with Crippen molar-refractivity contribution in [3.63, 3.8) is 0 Å². The molecule has 13 heavy (non-hydrogen) atoms. The van der Waals surface area contributed by atoms with Crippen LogP contribution >= 0.6 is 0 Å². The molecule has 1 aromatic rings. The number of rotatable bonds is 3. The van der Waals surface area contributed by atoms with Crippen LogP contribution in [0.4, 0.5) is 0 Å². The largest absolute Gasteiger partial charge is 0.311 e. The van der Waals surface area contributed by atoms with Crippen LogP contribution < -0.4 is 5.32 Å². The molecular weight excluding hydrogens is 160 g/mol. The van der Waals surface area contributed by atoms with Crippen molar-refractivity contribution in [3.05, 3.63) is 29.6 Å². The van der Waals surface area contributed by atoms with Crippen molar-refractivity contribution in [1.82, 2.24) is 10.3 Å². The van der Waals surface area contributed by atoms with Crippen LogP contribution in [0.3, 0.4) is 0 Å². The molecule has 0 fully saturated rings. The molecule has 1 rings (SSSR count). The van der Waals surface area contributed by atoms with E-state index in [1.807, 2.05) is 20.0 Å². The molecule has 72 valence electrons. The maximum Gasteiger partial charge on any atom is 0.0578 e. The van der Waals surface area contributed by atoms with E-state index in [0.717, 1.165) is 11.4 Å². The van der Waals surface area contributed by atoms with Crippen molar-refractivity contribution < 1.29 is 0 Å². The molecule has 2 nitrogen and oxygen atoms in total. The van der Waals surface area contributed by atoms with Gasteiger partial charge in [0.05, 0.1) is 11.7 Å². The molecule has 1 unspecified atom stereocenters. The zero-order valence-corrected chi connectivity index (χ0v) is 8.83. The summed E-state index contributed by atoms with van der Waals surface area (Å²) in [6, 6.07) is 6.52. The van der Waals surface area contributed by atoms with Gasteiger partial charge in [-0.1, -0.05) is 19.9 Å². The minimum atomic E-state index is 0.361. The third-order valence-corrected chi connectivity index (χ3v) is 2.21. The summed E-state index contributed by atoms with van der Waals surface area (Å²) in [5, 5.41) is 3.28. The van der Waals surface area contributed by atoms with Crippen molar-refractivity contribution >= 4 is 0 Å². The number of hydrogen-bond donors (Lipinski definition) is 1. The summed E-state index contributed by atoms with van der Waals surface area (Å²) < 4.78 is 0. The Morgan fingerprint density at radius 2 is 2.00 bits per heavy atom. The van der Waals surface area contributed by atoms with E-state index in [-0.39, 0.29) is 0 Å². The first-order chi connectivity index (χ1) is 6.15. The van der Waals surface area contributed by atoms with E-state index in [2.05, 4.69) is 36.3 Å². The van der Waals surface area contributed by atoms with Gasteiger partial charge in [-0.05, 0) is 32.0 Å². The van der Waals surface area contributed by atoms with Crippen LogP contribution in [0.25, 0.3) is 0 Å². The van der Waals surface area contributed by atoms with Gasteiger partial charge >= 0.3 is 0 Å². The summed E-state index contributed by atoms with van der Waals surface area (Å²) in [5.74, 6) is 0.569. The zero-order chi connectivity index (χ0) is 9.84. The lowest BCUT2D eigenvalue weighted by atomic mass is 10.0. The molecule has 0 bridgehead atoms. The summed E-state index contributed by atoms with van der Waals surface area (Å²) in [5.41, 5.74) is 2.22. The predicted octanol–water partition coefficient (Wildman–Crippen LogP) is 2.31. The molecule has 1 N–H and O–H groups in total. The maximum atomic E-state index is 4.50. The highest BCUT2D eigenvalue weighted by Crippen LogP contribution is 2.18. The summed E-state index contributed by atoms with van der Waals surface area (Å²) in [6.07, 6.45) is 0. The van der Waals surface area contributed by atoms with Crippen LogP contribution in [0.15, 0.2) is 18.2 Å². The van der Waals surface area contributed by atoms with E-state index in [9.17, 15) is 0 Å². The topological polar surface area (TPSA) is 24.9 Å². The van der Waals surface area contributed by atoms with Crippen molar-refractivity contribution in [2.75, 3.05) is 7.05 Å². The van der Waals surface area contributed by atoms with Crippen molar-refractivity contribution in [3.8, 4) is 0 Å². The number of pyridine rings is 1. The maximum absolute atomic E-state index is 4.50. The Bertz CT molecular complexity index is 269. The van der Waals surface area contributed by atoms with Gasteiger partial charge in [-0.2, -0.15) is 0 Å². The van der Waals surface area contributed by atoms with Crippen LogP contribution in [0.2, 0.25) is 0 Å². The lowest BCUT2D eigenvalue weighted by Crippen LogP contribution is -2.22. The fraction of sp³-hybridized carbons (Fsp3) is 0.545. The van der Waals surface area contributed by atoms with Gasteiger partial charge in [0.2, 0.25) is 0 Å². The van der Waals surface area contributed by atoms with Gasteiger partial charge in [0.1, 0.15) is 0 Å².